The summed E-state index contributed by atoms with van der Waals surface area (Å²) >= 11 is 6.04. The summed E-state index contributed by atoms with van der Waals surface area (Å²) in [6, 6.07) is 7.24. The molecule has 1 rings (SSSR count). The van der Waals surface area contributed by atoms with Gasteiger partial charge in [-0.05, 0) is 52.3 Å². The predicted octanol–water partition coefficient (Wildman–Crippen LogP) is 4.11. The number of benzene rings is 1. The van der Waals surface area contributed by atoms with Gasteiger partial charge in [-0.1, -0.05) is 17.7 Å². The van der Waals surface area contributed by atoms with Crippen molar-refractivity contribution in [1.29, 1.82) is 5.26 Å². The van der Waals surface area contributed by atoms with E-state index in [4.69, 9.17) is 11.6 Å². The molecule has 118 valence electrons. The van der Waals surface area contributed by atoms with Crippen molar-refractivity contribution in [3.05, 3.63) is 40.6 Å². The van der Waals surface area contributed by atoms with E-state index in [0.29, 0.717) is 17.3 Å². The molecule has 4 nitrogen and oxygen atoms in total. The Hall–Kier alpha value is -1.99. The minimum Gasteiger partial charge on any atom is -0.372 e. The topological polar surface area (TPSA) is 56.1 Å². The Bertz CT molecular complexity index is 624. The van der Waals surface area contributed by atoms with E-state index in [-0.39, 0.29) is 11.1 Å². The molecule has 0 saturated heterocycles. The molecule has 0 spiro atoms. The lowest BCUT2D eigenvalue weighted by Crippen LogP contribution is -2.37. The number of nitrogens with zero attached hydrogens (tertiary/aromatic N) is 2. The minimum atomic E-state index is -0.435. The summed E-state index contributed by atoms with van der Waals surface area (Å²) in [5, 5.41) is 12.6. The smallest absolute Gasteiger partial charge is 0.267 e. The lowest BCUT2D eigenvalue weighted by Gasteiger charge is -2.33. The molecular formula is C17H22ClN3O. The third kappa shape index (κ3) is 4.51. The lowest BCUT2D eigenvalue weighted by atomic mass is 10.1. The largest absolute Gasteiger partial charge is 0.372 e. The Labute approximate surface area is 137 Å². The van der Waals surface area contributed by atoms with Crippen LogP contribution in [0.3, 0.4) is 0 Å². The van der Waals surface area contributed by atoms with Crippen LogP contribution in [0.25, 0.3) is 0 Å². The zero-order valence-electron chi connectivity index (χ0n) is 13.7. The average Bonchev–Trinajstić information content (AvgIpc) is 2.43. The maximum absolute atomic E-state index is 12.3. The molecule has 0 aromatic heterocycles. The highest BCUT2D eigenvalue weighted by atomic mass is 35.5. The zero-order chi connectivity index (χ0) is 16.9. The molecule has 0 fully saturated rings. The summed E-state index contributed by atoms with van der Waals surface area (Å²) in [5.74, 6) is -0.435. The van der Waals surface area contributed by atoms with Gasteiger partial charge in [-0.2, -0.15) is 5.26 Å². The molecule has 1 amide bonds. The Morgan fingerprint density at radius 3 is 2.59 bits per heavy atom. The molecule has 0 aliphatic rings. The summed E-state index contributed by atoms with van der Waals surface area (Å²) in [4.78, 5) is 14.3. The van der Waals surface area contributed by atoms with Crippen LogP contribution in [-0.4, -0.2) is 22.9 Å². The number of carbonyl (C=O) groups is 1. The van der Waals surface area contributed by atoms with Crippen LogP contribution in [0, 0.1) is 18.3 Å². The number of nitrogens with one attached hydrogen (secondary N) is 1. The number of amides is 1. The number of carbonyl (C=O) groups excluding carboxylic acids is 1. The molecule has 22 heavy (non-hydrogen) atoms. The van der Waals surface area contributed by atoms with Crippen molar-refractivity contribution >= 4 is 23.2 Å². The fraction of sp³-hybridized carbons (Fsp3) is 0.412. The van der Waals surface area contributed by atoms with Gasteiger partial charge in [0.25, 0.3) is 5.91 Å². The number of halogens is 1. The van der Waals surface area contributed by atoms with Crippen LogP contribution in [0.15, 0.2) is 30.0 Å². The van der Waals surface area contributed by atoms with E-state index in [2.05, 4.69) is 5.32 Å². The molecule has 0 aliphatic carbocycles. The monoisotopic (exact) mass is 319 g/mol. The van der Waals surface area contributed by atoms with Crippen molar-refractivity contribution in [2.45, 2.75) is 40.2 Å². The first kappa shape index (κ1) is 18.1. The molecule has 0 atom stereocenters. The number of anilines is 1. The second-order valence-electron chi connectivity index (χ2n) is 5.98. The summed E-state index contributed by atoms with van der Waals surface area (Å²) in [5.41, 5.74) is 1.29. The lowest BCUT2D eigenvalue weighted by molar-refractivity contribution is -0.112. The highest BCUT2D eigenvalue weighted by Crippen LogP contribution is 2.23. The van der Waals surface area contributed by atoms with Crippen LogP contribution in [0.4, 0.5) is 5.69 Å². The highest BCUT2D eigenvalue weighted by molar-refractivity contribution is 6.31. The second kappa shape index (κ2) is 7.33. The molecule has 0 saturated carbocycles. The van der Waals surface area contributed by atoms with E-state index < -0.39 is 5.91 Å². The molecule has 0 unspecified atom stereocenters. The van der Waals surface area contributed by atoms with E-state index in [1.165, 1.54) is 0 Å². The van der Waals surface area contributed by atoms with Crippen molar-refractivity contribution in [2.24, 2.45) is 0 Å². The van der Waals surface area contributed by atoms with Gasteiger partial charge in [0.15, 0.2) is 0 Å². The van der Waals surface area contributed by atoms with Crippen molar-refractivity contribution in [3.63, 3.8) is 0 Å². The first-order valence-corrected chi connectivity index (χ1v) is 7.53. The van der Waals surface area contributed by atoms with Crippen LogP contribution in [-0.2, 0) is 4.79 Å². The van der Waals surface area contributed by atoms with Crippen LogP contribution in [0.2, 0.25) is 5.02 Å². The number of nitriles is 1. The third-order valence-electron chi connectivity index (χ3n) is 3.37. The predicted molar refractivity (Wildman–Crippen MR) is 90.6 cm³/mol. The standard InChI is InChI=1S/C17H22ClN3O/c1-6-21(17(3,4)5)11-13(10-19)16(22)20-15-9-7-8-14(18)12(15)2/h7-9,11H,6H2,1-5H3,(H,20,22)/b13-11-. The van der Waals surface area contributed by atoms with Gasteiger partial charge in [0, 0.05) is 29.0 Å². The highest BCUT2D eigenvalue weighted by Gasteiger charge is 2.19. The van der Waals surface area contributed by atoms with Crippen LogP contribution in [0.1, 0.15) is 33.3 Å². The van der Waals surface area contributed by atoms with Gasteiger partial charge in [0.2, 0.25) is 0 Å². The molecular weight excluding hydrogens is 298 g/mol. The molecule has 0 bridgehead atoms. The molecule has 0 heterocycles. The second-order valence-corrected chi connectivity index (χ2v) is 6.39. The van der Waals surface area contributed by atoms with Gasteiger partial charge in [-0.15, -0.1) is 0 Å². The molecule has 0 radical (unpaired) electrons. The Morgan fingerprint density at radius 1 is 1.45 bits per heavy atom. The molecule has 1 aromatic carbocycles. The number of hydrogen-bond acceptors (Lipinski definition) is 3. The van der Waals surface area contributed by atoms with Crippen molar-refractivity contribution in [1.82, 2.24) is 4.90 Å². The third-order valence-corrected chi connectivity index (χ3v) is 3.78. The van der Waals surface area contributed by atoms with Gasteiger partial charge in [0.1, 0.15) is 11.6 Å². The van der Waals surface area contributed by atoms with Gasteiger partial charge in [-0.3, -0.25) is 4.79 Å². The van der Waals surface area contributed by atoms with Gasteiger partial charge >= 0.3 is 0 Å². The maximum Gasteiger partial charge on any atom is 0.267 e. The van der Waals surface area contributed by atoms with Gasteiger partial charge < -0.3 is 10.2 Å². The van der Waals surface area contributed by atoms with Crippen molar-refractivity contribution in [3.8, 4) is 6.07 Å². The minimum absolute atomic E-state index is 0.0659. The Balaban J connectivity index is 3.03. The fourth-order valence-corrected chi connectivity index (χ4v) is 2.16. The maximum atomic E-state index is 12.3. The number of hydrogen-bond donors (Lipinski definition) is 1. The van der Waals surface area contributed by atoms with E-state index >= 15 is 0 Å². The summed E-state index contributed by atoms with van der Waals surface area (Å²) in [7, 11) is 0. The van der Waals surface area contributed by atoms with Crippen molar-refractivity contribution < 1.29 is 4.79 Å². The fourth-order valence-electron chi connectivity index (χ4n) is 1.99. The quantitative estimate of drug-likeness (QED) is 0.671. The van der Waals surface area contributed by atoms with Crippen LogP contribution >= 0.6 is 11.6 Å². The first-order chi connectivity index (χ1) is 10.2. The summed E-state index contributed by atoms with van der Waals surface area (Å²) in [6.07, 6.45) is 1.61. The summed E-state index contributed by atoms with van der Waals surface area (Å²) < 4.78 is 0. The SMILES string of the molecule is CCN(/C=C(/C#N)C(=O)Nc1cccc(Cl)c1C)C(C)(C)C. The van der Waals surface area contributed by atoms with Crippen molar-refractivity contribution in [2.75, 3.05) is 11.9 Å². The van der Waals surface area contributed by atoms with Gasteiger partial charge in [0.05, 0.1) is 0 Å². The van der Waals surface area contributed by atoms with E-state index in [0.717, 1.165) is 5.56 Å². The Morgan fingerprint density at radius 2 is 2.09 bits per heavy atom. The average molecular weight is 320 g/mol. The van der Waals surface area contributed by atoms with Gasteiger partial charge in [-0.25, -0.2) is 0 Å². The van der Waals surface area contributed by atoms with Crippen LogP contribution in [0.5, 0.6) is 0 Å². The first-order valence-electron chi connectivity index (χ1n) is 7.15. The zero-order valence-corrected chi connectivity index (χ0v) is 14.5. The molecule has 1 aromatic rings. The van der Waals surface area contributed by atoms with E-state index in [1.807, 2.05) is 45.6 Å². The normalized spacial score (nSPS) is 11.8. The van der Waals surface area contributed by atoms with E-state index in [1.54, 1.807) is 24.4 Å². The molecule has 0 aliphatic heterocycles. The Kier molecular flexibility index (Phi) is 6.01. The van der Waals surface area contributed by atoms with Crippen LogP contribution < -0.4 is 5.32 Å². The number of rotatable bonds is 4. The van der Waals surface area contributed by atoms with E-state index in [9.17, 15) is 10.1 Å². The molecule has 1 N–H and O–H groups in total. The molecule has 5 heteroatoms. The summed E-state index contributed by atoms with van der Waals surface area (Å²) in [6.45, 7) is 10.6.